The smallest absolute Gasteiger partial charge is 0.241 e. The van der Waals surface area contributed by atoms with E-state index in [4.69, 9.17) is 10.8 Å². The average Bonchev–Trinajstić information content (AvgIpc) is 2.27. The van der Waals surface area contributed by atoms with Gasteiger partial charge >= 0.3 is 0 Å². The summed E-state index contributed by atoms with van der Waals surface area (Å²) in [6, 6.07) is 6.47. The van der Waals surface area contributed by atoms with Crippen molar-refractivity contribution in [3.05, 3.63) is 29.8 Å². The summed E-state index contributed by atoms with van der Waals surface area (Å²) in [5, 5.41) is 11.7. The molecule has 1 unspecified atom stereocenters. The second kappa shape index (κ2) is 5.29. The molecule has 0 aliphatic heterocycles. The maximum atomic E-state index is 11.8. The van der Waals surface area contributed by atoms with Gasteiger partial charge in [-0.3, -0.25) is 4.79 Å². The second-order valence-electron chi connectivity index (χ2n) is 5.19. The Morgan fingerprint density at radius 1 is 1.35 bits per heavy atom. The molecule has 0 heterocycles. The molecule has 94 valence electrons. The van der Waals surface area contributed by atoms with Gasteiger partial charge in [-0.2, -0.15) is 0 Å². The summed E-state index contributed by atoms with van der Waals surface area (Å²) in [5.41, 5.74) is 7.07. The van der Waals surface area contributed by atoms with Gasteiger partial charge in [0.2, 0.25) is 5.91 Å². The summed E-state index contributed by atoms with van der Waals surface area (Å²) >= 11 is 0. The SMILES string of the molecule is CC(C)(C)C(N)C(=O)Nc1ccc(CO)cc1. The number of anilines is 1. The molecule has 0 aromatic heterocycles. The van der Waals surface area contributed by atoms with Gasteiger partial charge in [0, 0.05) is 5.69 Å². The largest absolute Gasteiger partial charge is 0.392 e. The van der Waals surface area contributed by atoms with Crippen LogP contribution in [0.25, 0.3) is 0 Å². The number of amides is 1. The summed E-state index contributed by atoms with van der Waals surface area (Å²) in [4.78, 5) is 11.8. The zero-order chi connectivity index (χ0) is 13.1. The predicted octanol–water partition coefficient (Wildman–Crippen LogP) is 1.49. The van der Waals surface area contributed by atoms with E-state index in [0.717, 1.165) is 5.56 Å². The summed E-state index contributed by atoms with van der Waals surface area (Å²) in [6.45, 7) is 5.76. The predicted molar refractivity (Wildman–Crippen MR) is 68.4 cm³/mol. The number of carbonyl (C=O) groups excluding carboxylic acids is 1. The summed E-state index contributed by atoms with van der Waals surface area (Å²) < 4.78 is 0. The zero-order valence-electron chi connectivity index (χ0n) is 10.5. The third-order valence-electron chi connectivity index (χ3n) is 2.62. The van der Waals surface area contributed by atoms with Crippen molar-refractivity contribution in [3.63, 3.8) is 0 Å². The van der Waals surface area contributed by atoms with E-state index in [-0.39, 0.29) is 17.9 Å². The molecule has 0 saturated carbocycles. The lowest BCUT2D eigenvalue weighted by Gasteiger charge is -2.25. The summed E-state index contributed by atoms with van der Waals surface area (Å²) in [7, 11) is 0. The summed E-state index contributed by atoms with van der Waals surface area (Å²) in [5.74, 6) is -0.200. The highest BCUT2D eigenvalue weighted by Crippen LogP contribution is 2.19. The van der Waals surface area contributed by atoms with Gasteiger partial charge in [0.05, 0.1) is 12.6 Å². The van der Waals surface area contributed by atoms with Crippen molar-refractivity contribution in [1.29, 1.82) is 0 Å². The van der Waals surface area contributed by atoms with Crippen molar-refractivity contribution in [2.75, 3.05) is 5.32 Å². The Bertz CT molecular complexity index is 379. The third kappa shape index (κ3) is 3.84. The Hall–Kier alpha value is -1.39. The van der Waals surface area contributed by atoms with Crippen molar-refractivity contribution in [1.82, 2.24) is 0 Å². The number of hydrogen-bond acceptors (Lipinski definition) is 3. The number of carbonyl (C=O) groups is 1. The van der Waals surface area contributed by atoms with Crippen molar-refractivity contribution >= 4 is 11.6 Å². The Morgan fingerprint density at radius 3 is 2.29 bits per heavy atom. The molecule has 1 aromatic rings. The van der Waals surface area contributed by atoms with Gasteiger partial charge in [-0.15, -0.1) is 0 Å². The number of nitrogens with two attached hydrogens (primary N) is 1. The molecule has 1 aromatic carbocycles. The Kier molecular flexibility index (Phi) is 4.26. The molecule has 4 N–H and O–H groups in total. The van der Waals surface area contributed by atoms with Crippen LogP contribution >= 0.6 is 0 Å². The first-order valence-electron chi connectivity index (χ1n) is 5.61. The molecule has 1 rings (SSSR count). The number of benzene rings is 1. The second-order valence-corrected chi connectivity index (χ2v) is 5.19. The molecular formula is C13H20N2O2. The quantitative estimate of drug-likeness (QED) is 0.744. The molecule has 0 aliphatic rings. The van der Waals surface area contributed by atoms with Gasteiger partial charge in [-0.1, -0.05) is 32.9 Å². The molecule has 17 heavy (non-hydrogen) atoms. The van der Waals surface area contributed by atoms with Crippen LogP contribution in [0.3, 0.4) is 0 Å². The fourth-order valence-electron chi connectivity index (χ4n) is 1.31. The standard InChI is InChI=1S/C13H20N2O2/c1-13(2,3)11(14)12(17)15-10-6-4-9(8-16)5-7-10/h4-7,11,16H,8,14H2,1-3H3,(H,15,17). The maximum absolute atomic E-state index is 11.8. The van der Waals surface area contributed by atoms with Crippen LogP contribution in [0.15, 0.2) is 24.3 Å². The highest BCUT2D eigenvalue weighted by atomic mass is 16.3. The van der Waals surface area contributed by atoms with Crippen LogP contribution in [0.5, 0.6) is 0 Å². The highest BCUT2D eigenvalue weighted by molar-refractivity contribution is 5.95. The normalized spacial score (nSPS) is 13.2. The average molecular weight is 236 g/mol. The third-order valence-corrected chi connectivity index (χ3v) is 2.62. The molecule has 1 amide bonds. The van der Waals surface area contributed by atoms with Crippen LogP contribution < -0.4 is 11.1 Å². The summed E-state index contributed by atoms with van der Waals surface area (Å²) in [6.07, 6.45) is 0. The minimum atomic E-state index is -0.556. The van der Waals surface area contributed by atoms with E-state index in [2.05, 4.69) is 5.32 Å². The molecule has 0 fully saturated rings. The van der Waals surface area contributed by atoms with E-state index in [1.165, 1.54) is 0 Å². The van der Waals surface area contributed by atoms with Crippen LogP contribution in [0.1, 0.15) is 26.3 Å². The van der Waals surface area contributed by atoms with E-state index in [0.29, 0.717) is 5.69 Å². The first-order chi connectivity index (χ1) is 7.84. The van der Waals surface area contributed by atoms with Crippen LogP contribution in [0.4, 0.5) is 5.69 Å². The zero-order valence-corrected chi connectivity index (χ0v) is 10.5. The lowest BCUT2D eigenvalue weighted by Crippen LogP contribution is -2.45. The van der Waals surface area contributed by atoms with Crippen molar-refractivity contribution in [2.24, 2.45) is 11.1 Å². The van der Waals surface area contributed by atoms with Crippen LogP contribution in [-0.4, -0.2) is 17.1 Å². The monoisotopic (exact) mass is 236 g/mol. The Labute approximate surface area is 102 Å². The molecule has 4 nitrogen and oxygen atoms in total. The Morgan fingerprint density at radius 2 is 1.88 bits per heavy atom. The van der Waals surface area contributed by atoms with Crippen LogP contribution in [-0.2, 0) is 11.4 Å². The van der Waals surface area contributed by atoms with E-state index >= 15 is 0 Å². The topological polar surface area (TPSA) is 75.4 Å². The van der Waals surface area contributed by atoms with Crippen molar-refractivity contribution in [2.45, 2.75) is 33.4 Å². The number of rotatable bonds is 3. The van der Waals surface area contributed by atoms with Gasteiger partial charge in [0.1, 0.15) is 0 Å². The van der Waals surface area contributed by atoms with E-state index in [9.17, 15) is 4.79 Å². The van der Waals surface area contributed by atoms with Crippen molar-refractivity contribution in [3.8, 4) is 0 Å². The molecule has 0 saturated heterocycles. The lowest BCUT2D eigenvalue weighted by molar-refractivity contribution is -0.119. The van der Waals surface area contributed by atoms with Crippen molar-refractivity contribution < 1.29 is 9.90 Å². The molecule has 1 atom stereocenters. The first-order valence-corrected chi connectivity index (χ1v) is 5.61. The van der Waals surface area contributed by atoms with Gasteiger partial charge in [0.25, 0.3) is 0 Å². The molecule has 0 spiro atoms. The molecule has 0 aliphatic carbocycles. The fourth-order valence-corrected chi connectivity index (χ4v) is 1.31. The van der Waals surface area contributed by atoms with Crippen LogP contribution in [0.2, 0.25) is 0 Å². The van der Waals surface area contributed by atoms with Gasteiger partial charge < -0.3 is 16.2 Å². The maximum Gasteiger partial charge on any atom is 0.241 e. The molecule has 0 radical (unpaired) electrons. The minimum absolute atomic E-state index is 0.00423. The first kappa shape index (κ1) is 13.7. The van der Waals surface area contributed by atoms with Crippen LogP contribution in [0, 0.1) is 5.41 Å². The number of nitrogens with one attached hydrogen (secondary N) is 1. The molecule has 0 bridgehead atoms. The van der Waals surface area contributed by atoms with Gasteiger partial charge in [0.15, 0.2) is 0 Å². The minimum Gasteiger partial charge on any atom is -0.392 e. The number of hydrogen-bond donors (Lipinski definition) is 3. The molecule has 4 heteroatoms. The number of aliphatic hydroxyl groups is 1. The van der Waals surface area contributed by atoms with E-state index in [1.807, 2.05) is 20.8 Å². The molecular weight excluding hydrogens is 216 g/mol. The lowest BCUT2D eigenvalue weighted by atomic mass is 9.87. The number of aliphatic hydroxyl groups excluding tert-OH is 1. The van der Waals surface area contributed by atoms with E-state index in [1.54, 1.807) is 24.3 Å². The van der Waals surface area contributed by atoms with Gasteiger partial charge in [-0.25, -0.2) is 0 Å². The fraction of sp³-hybridized carbons (Fsp3) is 0.462. The Balaban J connectivity index is 2.68. The van der Waals surface area contributed by atoms with Gasteiger partial charge in [-0.05, 0) is 23.1 Å². The highest BCUT2D eigenvalue weighted by Gasteiger charge is 2.27. The van der Waals surface area contributed by atoms with E-state index < -0.39 is 6.04 Å².